The van der Waals surface area contributed by atoms with E-state index in [9.17, 15) is 0 Å². The van der Waals surface area contributed by atoms with Crippen molar-refractivity contribution in [1.82, 2.24) is 15.1 Å². The van der Waals surface area contributed by atoms with Gasteiger partial charge in [-0.25, -0.2) is 0 Å². The molecule has 0 aromatic heterocycles. The van der Waals surface area contributed by atoms with Gasteiger partial charge in [-0.1, -0.05) is 60.7 Å². The third-order valence-corrected chi connectivity index (χ3v) is 6.83. The van der Waals surface area contributed by atoms with Gasteiger partial charge in [-0.3, -0.25) is 9.89 Å². The second-order valence-corrected chi connectivity index (χ2v) is 8.78. The SMILES string of the molecule is CN=C(NCC1CC1c1ccccc1)N1CC2OCCN(Cc3ccccc3)C2C1.I. The summed E-state index contributed by atoms with van der Waals surface area (Å²) in [5, 5.41) is 3.65. The Morgan fingerprint density at radius 2 is 1.81 bits per heavy atom. The quantitative estimate of drug-likeness (QED) is 0.363. The minimum atomic E-state index is 0. The van der Waals surface area contributed by atoms with Gasteiger partial charge >= 0.3 is 0 Å². The Balaban J connectivity index is 0.00000231. The molecule has 31 heavy (non-hydrogen) atoms. The number of rotatable bonds is 5. The fourth-order valence-corrected chi connectivity index (χ4v) is 5.08. The molecule has 1 N–H and O–H groups in total. The molecule has 5 nitrogen and oxygen atoms in total. The smallest absolute Gasteiger partial charge is 0.193 e. The lowest BCUT2D eigenvalue weighted by Crippen LogP contribution is -2.50. The zero-order valence-electron chi connectivity index (χ0n) is 18.2. The van der Waals surface area contributed by atoms with Crippen molar-refractivity contribution in [3.05, 3.63) is 71.8 Å². The maximum atomic E-state index is 6.14. The summed E-state index contributed by atoms with van der Waals surface area (Å²) in [5.74, 6) is 2.42. The molecule has 4 unspecified atom stereocenters. The molecule has 5 rings (SSSR count). The summed E-state index contributed by atoms with van der Waals surface area (Å²) >= 11 is 0. The number of guanidine groups is 1. The van der Waals surface area contributed by atoms with Crippen LogP contribution in [0.25, 0.3) is 0 Å². The number of fused-ring (bicyclic) bond motifs is 1. The first kappa shape index (κ1) is 22.6. The molecule has 0 amide bonds. The van der Waals surface area contributed by atoms with Gasteiger partial charge < -0.3 is 15.0 Å². The van der Waals surface area contributed by atoms with Gasteiger partial charge in [0.15, 0.2) is 5.96 Å². The molecule has 0 spiro atoms. The molecule has 166 valence electrons. The summed E-state index contributed by atoms with van der Waals surface area (Å²) in [6.07, 6.45) is 1.53. The van der Waals surface area contributed by atoms with Crippen LogP contribution in [0.3, 0.4) is 0 Å². The van der Waals surface area contributed by atoms with E-state index in [0.717, 1.165) is 45.3 Å². The van der Waals surface area contributed by atoms with Crippen molar-refractivity contribution in [2.24, 2.45) is 10.9 Å². The van der Waals surface area contributed by atoms with Gasteiger partial charge in [0.25, 0.3) is 0 Å². The van der Waals surface area contributed by atoms with Crippen LogP contribution in [0.15, 0.2) is 65.7 Å². The molecule has 1 saturated carbocycles. The lowest BCUT2D eigenvalue weighted by Gasteiger charge is -2.36. The van der Waals surface area contributed by atoms with Crippen molar-refractivity contribution in [3.63, 3.8) is 0 Å². The van der Waals surface area contributed by atoms with E-state index < -0.39 is 0 Å². The highest BCUT2D eigenvalue weighted by Crippen LogP contribution is 2.46. The molecule has 0 bridgehead atoms. The molecular weight excluding hydrogens is 499 g/mol. The van der Waals surface area contributed by atoms with E-state index in [-0.39, 0.29) is 30.1 Å². The summed E-state index contributed by atoms with van der Waals surface area (Å²) in [5.41, 5.74) is 2.84. The number of nitrogens with zero attached hydrogens (tertiary/aromatic N) is 3. The minimum Gasteiger partial charge on any atom is -0.373 e. The highest BCUT2D eigenvalue weighted by molar-refractivity contribution is 14.0. The molecule has 2 saturated heterocycles. The van der Waals surface area contributed by atoms with E-state index in [1.54, 1.807) is 0 Å². The fourth-order valence-electron chi connectivity index (χ4n) is 5.08. The molecule has 2 aromatic rings. The molecule has 2 heterocycles. The van der Waals surface area contributed by atoms with Crippen molar-refractivity contribution in [3.8, 4) is 0 Å². The third kappa shape index (κ3) is 5.23. The number of morpholine rings is 1. The van der Waals surface area contributed by atoms with Crippen LogP contribution in [0.2, 0.25) is 0 Å². The van der Waals surface area contributed by atoms with E-state index in [4.69, 9.17) is 4.74 Å². The number of likely N-dealkylation sites (tertiary alicyclic amines) is 1. The van der Waals surface area contributed by atoms with Crippen LogP contribution in [0, 0.1) is 5.92 Å². The van der Waals surface area contributed by atoms with Crippen LogP contribution in [0.5, 0.6) is 0 Å². The van der Waals surface area contributed by atoms with Gasteiger partial charge in [0.1, 0.15) is 0 Å². The Labute approximate surface area is 202 Å². The Bertz CT molecular complexity index is 862. The lowest BCUT2D eigenvalue weighted by atomic mass is 10.1. The zero-order valence-corrected chi connectivity index (χ0v) is 20.5. The second-order valence-electron chi connectivity index (χ2n) is 8.78. The molecule has 6 heteroatoms. The standard InChI is InChI=1S/C25H32N4O.HI/c1-26-25(27-15-21-14-22(21)20-10-6-3-7-11-20)29-17-23-24(18-29)30-13-12-28(23)16-19-8-4-2-5-9-19;/h2-11,21-24H,12-18H2,1H3,(H,26,27);1H. The number of benzene rings is 2. The van der Waals surface area contributed by atoms with Crippen molar-refractivity contribution >= 4 is 29.9 Å². The van der Waals surface area contributed by atoms with E-state index in [1.807, 2.05) is 7.05 Å². The number of hydrogen-bond donors (Lipinski definition) is 1. The predicted octanol–water partition coefficient (Wildman–Crippen LogP) is 3.57. The van der Waals surface area contributed by atoms with Crippen LogP contribution in [0.4, 0.5) is 0 Å². The Morgan fingerprint density at radius 3 is 2.55 bits per heavy atom. The topological polar surface area (TPSA) is 40.1 Å². The Hall–Kier alpha value is -1.64. The van der Waals surface area contributed by atoms with Gasteiger partial charge in [0.05, 0.1) is 18.8 Å². The molecule has 2 aromatic carbocycles. The third-order valence-electron chi connectivity index (χ3n) is 6.83. The van der Waals surface area contributed by atoms with Gasteiger partial charge in [0.2, 0.25) is 0 Å². The molecular formula is C25H33IN4O. The summed E-state index contributed by atoms with van der Waals surface area (Å²) in [6.45, 7) is 5.69. The Kier molecular flexibility index (Phi) is 7.51. The van der Waals surface area contributed by atoms with Crippen molar-refractivity contribution in [1.29, 1.82) is 0 Å². The molecule has 1 aliphatic carbocycles. The molecule has 3 aliphatic rings. The van der Waals surface area contributed by atoms with E-state index in [0.29, 0.717) is 17.9 Å². The summed E-state index contributed by atoms with van der Waals surface area (Å²) in [7, 11) is 1.90. The first-order valence-corrected chi connectivity index (χ1v) is 11.2. The average Bonchev–Trinajstić information content (AvgIpc) is 3.44. The zero-order chi connectivity index (χ0) is 20.3. The molecule has 0 radical (unpaired) electrons. The van der Waals surface area contributed by atoms with E-state index in [1.165, 1.54) is 17.5 Å². The van der Waals surface area contributed by atoms with Crippen LogP contribution >= 0.6 is 24.0 Å². The van der Waals surface area contributed by atoms with Crippen molar-refractivity contribution in [2.45, 2.75) is 31.0 Å². The molecule has 3 fully saturated rings. The van der Waals surface area contributed by atoms with Crippen LogP contribution in [0.1, 0.15) is 23.5 Å². The van der Waals surface area contributed by atoms with Crippen LogP contribution < -0.4 is 5.32 Å². The highest BCUT2D eigenvalue weighted by atomic mass is 127. The monoisotopic (exact) mass is 532 g/mol. The number of aliphatic imine (C=N–C) groups is 1. The first-order chi connectivity index (χ1) is 14.8. The van der Waals surface area contributed by atoms with Crippen LogP contribution in [-0.4, -0.2) is 67.7 Å². The van der Waals surface area contributed by atoms with Crippen molar-refractivity contribution in [2.75, 3.05) is 39.8 Å². The maximum Gasteiger partial charge on any atom is 0.193 e. The average molecular weight is 532 g/mol. The minimum absolute atomic E-state index is 0. The number of halogens is 1. The van der Waals surface area contributed by atoms with Gasteiger partial charge in [-0.2, -0.15) is 0 Å². The summed E-state index contributed by atoms with van der Waals surface area (Å²) in [4.78, 5) is 9.57. The second kappa shape index (κ2) is 10.3. The molecule has 2 aliphatic heterocycles. The fraction of sp³-hybridized carbons (Fsp3) is 0.480. The first-order valence-electron chi connectivity index (χ1n) is 11.2. The number of ether oxygens (including phenoxy) is 1. The van der Waals surface area contributed by atoms with E-state index >= 15 is 0 Å². The van der Waals surface area contributed by atoms with Gasteiger partial charge in [0, 0.05) is 39.8 Å². The maximum absolute atomic E-state index is 6.14. The predicted molar refractivity (Wildman–Crippen MR) is 136 cm³/mol. The normalized spacial score (nSPS) is 28.0. The van der Waals surface area contributed by atoms with Crippen molar-refractivity contribution < 1.29 is 4.74 Å². The Morgan fingerprint density at radius 1 is 1.06 bits per heavy atom. The number of nitrogens with one attached hydrogen (secondary N) is 1. The lowest BCUT2D eigenvalue weighted by molar-refractivity contribution is -0.0502. The summed E-state index contributed by atoms with van der Waals surface area (Å²) < 4.78 is 6.14. The highest BCUT2D eigenvalue weighted by Gasteiger charge is 2.42. The largest absolute Gasteiger partial charge is 0.373 e. The summed E-state index contributed by atoms with van der Waals surface area (Å²) in [6, 6.07) is 22.1. The number of hydrogen-bond acceptors (Lipinski definition) is 3. The van der Waals surface area contributed by atoms with Crippen LogP contribution in [-0.2, 0) is 11.3 Å². The van der Waals surface area contributed by atoms with Gasteiger partial charge in [-0.05, 0) is 29.4 Å². The van der Waals surface area contributed by atoms with Gasteiger partial charge in [-0.15, -0.1) is 24.0 Å². The van der Waals surface area contributed by atoms with E-state index in [2.05, 4.69) is 80.8 Å². The molecule has 4 atom stereocenters.